The van der Waals surface area contributed by atoms with Gasteiger partial charge in [-0.25, -0.2) is 8.42 Å². The number of carbonyl (C=O) groups excluding carboxylic acids is 1. The maximum atomic E-state index is 12.7. The highest BCUT2D eigenvalue weighted by Crippen LogP contribution is 2.42. The summed E-state index contributed by atoms with van der Waals surface area (Å²) in [6, 6.07) is 18.6. The number of amides is 1. The number of halogens is 1. The molecule has 1 N–H and O–H groups in total. The average molecular weight is 399 g/mol. The van der Waals surface area contributed by atoms with Crippen LogP contribution in [-0.4, -0.2) is 21.4 Å². The molecule has 0 radical (unpaired) electrons. The zero-order chi connectivity index (χ0) is 19.2. The first kappa shape index (κ1) is 17.6. The molecule has 3 aromatic carbocycles. The quantitative estimate of drug-likeness (QED) is 0.695. The van der Waals surface area contributed by atoms with Crippen molar-refractivity contribution >= 4 is 38.9 Å². The third-order valence-corrected chi connectivity index (χ3v) is 6.56. The van der Waals surface area contributed by atoms with Crippen molar-refractivity contribution in [3.05, 3.63) is 77.3 Å². The van der Waals surface area contributed by atoms with Crippen LogP contribution in [0.2, 0.25) is 5.02 Å². The number of carbonyl (C=O) groups is 1. The lowest BCUT2D eigenvalue weighted by Crippen LogP contribution is -2.30. The first-order valence-corrected chi connectivity index (χ1v) is 9.99. The lowest BCUT2D eigenvalue weighted by atomic mass is 10.00. The third-order valence-electron chi connectivity index (χ3n) is 4.50. The van der Waals surface area contributed by atoms with Gasteiger partial charge in [-0.2, -0.15) is 0 Å². The van der Waals surface area contributed by atoms with E-state index in [0.717, 1.165) is 0 Å². The Morgan fingerprint density at radius 1 is 0.963 bits per heavy atom. The molecule has 3 aromatic rings. The van der Waals surface area contributed by atoms with Gasteiger partial charge in [0.1, 0.15) is 0 Å². The number of sulfonamides is 1. The van der Waals surface area contributed by atoms with E-state index in [2.05, 4.69) is 5.32 Å². The minimum Gasteiger partial charge on any atom is -0.322 e. The molecule has 1 aliphatic rings. The average Bonchev–Trinajstić information content (AvgIpc) is 2.66. The van der Waals surface area contributed by atoms with Gasteiger partial charge in [0.15, 0.2) is 0 Å². The summed E-state index contributed by atoms with van der Waals surface area (Å²) in [5.41, 5.74) is 2.83. The Morgan fingerprint density at radius 3 is 2.52 bits per heavy atom. The van der Waals surface area contributed by atoms with Gasteiger partial charge in [0, 0.05) is 34.4 Å². The summed E-state index contributed by atoms with van der Waals surface area (Å²) in [6.45, 7) is 0. The molecule has 1 heterocycles. The number of benzene rings is 3. The molecule has 0 aromatic heterocycles. The molecular formula is C20H15ClN2O3S. The molecule has 7 heteroatoms. The molecule has 5 nitrogen and oxygen atoms in total. The number of hydrogen-bond donors (Lipinski definition) is 1. The van der Waals surface area contributed by atoms with Gasteiger partial charge in [-0.1, -0.05) is 35.9 Å². The van der Waals surface area contributed by atoms with E-state index in [0.29, 0.717) is 33.1 Å². The number of fused-ring (bicyclic) bond motifs is 3. The number of nitrogens with zero attached hydrogens (tertiary/aromatic N) is 1. The molecule has 136 valence electrons. The van der Waals surface area contributed by atoms with Crippen LogP contribution in [0.15, 0.2) is 71.6 Å². The van der Waals surface area contributed by atoms with Crippen molar-refractivity contribution in [1.29, 1.82) is 0 Å². The molecule has 1 aliphatic heterocycles. The van der Waals surface area contributed by atoms with E-state index >= 15 is 0 Å². The van der Waals surface area contributed by atoms with Crippen LogP contribution >= 0.6 is 11.6 Å². The van der Waals surface area contributed by atoms with Crippen molar-refractivity contribution in [3.8, 4) is 11.1 Å². The van der Waals surface area contributed by atoms with Crippen molar-refractivity contribution in [2.45, 2.75) is 4.90 Å². The molecule has 0 saturated carbocycles. The topological polar surface area (TPSA) is 66.5 Å². The van der Waals surface area contributed by atoms with Gasteiger partial charge in [0.25, 0.3) is 15.9 Å². The monoisotopic (exact) mass is 398 g/mol. The number of rotatable bonds is 2. The smallest absolute Gasteiger partial charge is 0.264 e. The van der Waals surface area contributed by atoms with E-state index in [1.807, 2.05) is 0 Å². The van der Waals surface area contributed by atoms with Crippen molar-refractivity contribution in [2.75, 3.05) is 16.7 Å². The van der Waals surface area contributed by atoms with E-state index in [9.17, 15) is 13.2 Å². The Balaban J connectivity index is 1.77. The second-order valence-electron chi connectivity index (χ2n) is 6.17. The van der Waals surface area contributed by atoms with Crippen LogP contribution in [-0.2, 0) is 10.0 Å². The minimum atomic E-state index is -3.60. The lowest BCUT2D eigenvalue weighted by Gasteiger charge is -2.29. The number of hydrogen-bond acceptors (Lipinski definition) is 3. The Kier molecular flexibility index (Phi) is 4.17. The van der Waals surface area contributed by atoms with Crippen LogP contribution in [0.5, 0.6) is 0 Å². The van der Waals surface area contributed by atoms with Gasteiger partial charge in [0.05, 0.1) is 10.6 Å². The summed E-state index contributed by atoms with van der Waals surface area (Å²) in [7, 11) is -2.09. The standard InChI is InChI=1S/C20H15ClN2O3S/c1-23-18-10-9-13(20(24)22-15-6-4-5-14(21)12-15)11-17(18)16-7-2-3-8-19(16)27(23,25)26/h2-12H,1H3,(H,22,24). The van der Waals surface area contributed by atoms with Crippen LogP contribution in [0.1, 0.15) is 10.4 Å². The Morgan fingerprint density at radius 2 is 1.74 bits per heavy atom. The summed E-state index contributed by atoms with van der Waals surface area (Å²) >= 11 is 5.95. The third kappa shape index (κ3) is 2.97. The predicted molar refractivity (Wildman–Crippen MR) is 107 cm³/mol. The van der Waals surface area contributed by atoms with Gasteiger partial charge < -0.3 is 5.32 Å². The van der Waals surface area contributed by atoms with Gasteiger partial charge >= 0.3 is 0 Å². The fourth-order valence-electron chi connectivity index (χ4n) is 3.13. The van der Waals surface area contributed by atoms with Gasteiger partial charge in [-0.3, -0.25) is 9.10 Å². The highest BCUT2D eigenvalue weighted by atomic mass is 35.5. The van der Waals surface area contributed by atoms with Crippen LogP contribution in [0, 0.1) is 0 Å². The molecule has 0 aliphatic carbocycles. The highest BCUT2D eigenvalue weighted by molar-refractivity contribution is 7.93. The zero-order valence-corrected chi connectivity index (χ0v) is 15.9. The van der Waals surface area contributed by atoms with Crippen molar-refractivity contribution in [2.24, 2.45) is 0 Å². The lowest BCUT2D eigenvalue weighted by molar-refractivity contribution is 0.102. The van der Waals surface area contributed by atoms with Gasteiger partial charge in [-0.05, 0) is 42.5 Å². The van der Waals surface area contributed by atoms with E-state index in [4.69, 9.17) is 11.6 Å². The van der Waals surface area contributed by atoms with E-state index in [1.165, 1.54) is 11.4 Å². The van der Waals surface area contributed by atoms with E-state index in [1.54, 1.807) is 66.7 Å². The molecule has 4 rings (SSSR count). The Hall–Kier alpha value is -2.83. The summed E-state index contributed by atoms with van der Waals surface area (Å²) in [4.78, 5) is 12.9. The largest absolute Gasteiger partial charge is 0.322 e. The van der Waals surface area contributed by atoms with Crippen molar-refractivity contribution in [1.82, 2.24) is 0 Å². The first-order valence-electron chi connectivity index (χ1n) is 8.17. The molecule has 0 bridgehead atoms. The second-order valence-corrected chi connectivity index (χ2v) is 8.54. The second kappa shape index (κ2) is 6.40. The molecule has 0 spiro atoms. The highest BCUT2D eigenvalue weighted by Gasteiger charge is 2.32. The van der Waals surface area contributed by atoms with Gasteiger partial charge in [0.2, 0.25) is 0 Å². The fourth-order valence-corrected chi connectivity index (χ4v) is 4.74. The summed E-state index contributed by atoms with van der Waals surface area (Å²) in [5, 5.41) is 3.33. The molecule has 0 atom stereocenters. The summed E-state index contributed by atoms with van der Waals surface area (Å²) in [6.07, 6.45) is 0. The normalized spacial score (nSPS) is 14.2. The molecule has 0 unspecified atom stereocenters. The SMILES string of the molecule is CN1c2ccc(C(=O)Nc3cccc(Cl)c3)cc2-c2ccccc2S1(=O)=O. The van der Waals surface area contributed by atoms with Crippen LogP contribution in [0.3, 0.4) is 0 Å². The molecule has 0 saturated heterocycles. The summed E-state index contributed by atoms with van der Waals surface area (Å²) in [5.74, 6) is -0.298. The van der Waals surface area contributed by atoms with Crippen LogP contribution < -0.4 is 9.62 Å². The first-order chi connectivity index (χ1) is 12.9. The molecule has 0 fully saturated rings. The van der Waals surface area contributed by atoms with Crippen molar-refractivity contribution in [3.63, 3.8) is 0 Å². The van der Waals surface area contributed by atoms with E-state index < -0.39 is 10.0 Å². The Bertz CT molecular complexity index is 1180. The number of anilines is 2. The van der Waals surface area contributed by atoms with E-state index in [-0.39, 0.29) is 10.8 Å². The Labute approximate surface area is 162 Å². The van der Waals surface area contributed by atoms with Crippen LogP contribution in [0.4, 0.5) is 11.4 Å². The maximum absolute atomic E-state index is 12.7. The fraction of sp³-hybridized carbons (Fsp3) is 0.0500. The maximum Gasteiger partial charge on any atom is 0.264 e. The van der Waals surface area contributed by atoms with Crippen molar-refractivity contribution < 1.29 is 13.2 Å². The van der Waals surface area contributed by atoms with Gasteiger partial charge in [-0.15, -0.1) is 0 Å². The molecule has 27 heavy (non-hydrogen) atoms. The molecule has 1 amide bonds. The summed E-state index contributed by atoms with van der Waals surface area (Å²) < 4.78 is 26.6. The molecular weight excluding hydrogens is 384 g/mol. The minimum absolute atomic E-state index is 0.229. The zero-order valence-electron chi connectivity index (χ0n) is 14.3. The number of nitrogens with one attached hydrogen (secondary N) is 1. The predicted octanol–water partition coefficient (Wildman–Crippen LogP) is 4.40. The van der Waals surface area contributed by atoms with Crippen LogP contribution in [0.25, 0.3) is 11.1 Å².